The number of benzene rings is 1. The van der Waals surface area contributed by atoms with Gasteiger partial charge in [0.1, 0.15) is 11.2 Å². The summed E-state index contributed by atoms with van der Waals surface area (Å²) in [6.45, 7) is 2.00. The average Bonchev–Trinajstić information content (AvgIpc) is 3.21. The van der Waals surface area contributed by atoms with Gasteiger partial charge in [-0.1, -0.05) is 12.1 Å². The number of rotatable bonds is 3. The van der Waals surface area contributed by atoms with Crippen molar-refractivity contribution in [2.75, 3.05) is 0 Å². The molecule has 108 valence electrons. The SMILES string of the molecule is CCc1nc2cc(-c3noc(-c4cnccn4)n3)ccc2o1. The Labute approximate surface area is 125 Å². The van der Waals surface area contributed by atoms with Crippen molar-refractivity contribution in [3.8, 4) is 23.0 Å². The van der Waals surface area contributed by atoms with E-state index in [1.807, 2.05) is 25.1 Å². The van der Waals surface area contributed by atoms with Gasteiger partial charge in [0, 0.05) is 24.4 Å². The summed E-state index contributed by atoms with van der Waals surface area (Å²) in [5.41, 5.74) is 2.87. The number of fused-ring (bicyclic) bond motifs is 1. The molecule has 22 heavy (non-hydrogen) atoms. The summed E-state index contributed by atoms with van der Waals surface area (Å²) < 4.78 is 10.8. The molecule has 1 aromatic carbocycles. The first-order chi connectivity index (χ1) is 10.8. The summed E-state index contributed by atoms with van der Waals surface area (Å²) in [5, 5.41) is 3.98. The van der Waals surface area contributed by atoms with E-state index in [2.05, 4.69) is 25.1 Å². The van der Waals surface area contributed by atoms with E-state index in [-0.39, 0.29) is 0 Å². The molecule has 7 nitrogen and oxygen atoms in total. The highest BCUT2D eigenvalue weighted by Gasteiger charge is 2.13. The monoisotopic (exact) mass is 293 g/mol. The second kappa shape index (κ2) is 5.03. The van der Waals surface area contributed by atoms with E-state index >= 15 is 0 Å². The van der Waals surface area contributed by atoms with Crippen LogP contribution in [0.5, 0.6) is 0 Å². The highest BCUT2D eigenvalue weighted by molar-refractivity contribution is 5.78. The molecular weight excluding hydrogens is 282 g/mol. The minimum absolute atomic E-state index is 0.331. The van der Waals surface area contributed by atoms with E-state index < -0.39 is 0 Å². The second-order valence-corrected chi connectivity index (χ2v) is 4.66. The van der Waals surface area contributed by atoms with Gasteiger partial charge in [0.2, 0.25) is 5.82 Å². The van der Waals surface area contributed by atoms with E-state index in [1.54, 1.807) is 18.6 Å². The van der Waals surface area contributed by atoms with Crippen LogP contribution in [0, 0.1) is 0 Å². The van der Waals surface area contributed by atoms with E-state index in [0.717, 1.165) is 23.1 Å². The molecule has 0 fully saturated rings. The first-order valence-corrected chi connectivity index (χ1v) is 6.83. The zero-order valence-corrected chi connectivity index (χ0v) is 11.7. The first kappa shape index (κ1) is 12.6. The van der Waals surface area contributed by atoms with E-state index in [0.29, 0.717) is 23.3 Å². The fourth-order valence-corrected chi connectivity index (χ4v) is 2.12. The molecule has 0 radical (unpaired) electrons. The molecule has 0 amide bonds. The molecule has 0 saturated carbocycles. The van der Waals surface area contributed by atoms with Crippen LogP contribution in [0.3, 0.4) is 0 Å². The normalized spacial score (nSPS) is 11.1. The molecule has 0 aliphatic rings. The fourth-order valence-electron chi connectivity index (χ4n) is 2.12. The molecule has 7 heteroatoms. The molecule has 0 spiro atoms. The van der Waals surface area contributed by atoms with Crippen LogP contribution in [0.15, 0.2) is 45.7 Å². The van der Waals surface area contributed by atoms with Crippen molar-refractivity contribution in [2.45, 2.75) is 13.3 Å². The Kier molecular flexibility index (Phi) is 2.89. The lowest BCUT2D eigenvalue weighted by Gasteiger charge is -1.92. The lowest BCUT2D eigenvalue weighted by molar-refractivity contribution is 0.431. The van der Waals surface area contributed by atoms with Crippen LogP contribution in [-0.4, -0.2) is 25.1 Å². The number of hydrogen-bond acceptors (Lipinski definition) is 7. The van der Waals surface area contributed by atoms with Gasteiger partial charge in [-0.25, -0.2) is 9.97 Å². The molecule has 0 unspecified atom stereocenters. The molecular formula is C15H11N5O2. The van der Waals surface area contributed by atoms with Crippen molar-refractivity contribution < 1.29 is 8.94 Å². The summed E-state index contributed by atoms with van der Waals surface area (Å²) in [6.07, 6.45) is 5.49. The third kappa shape index (κ3) is 2.12. The van der Waals surface area contributed by atoms with Gasteiger partial charge in [0.25, 0.3) is 5.89 Å². The molecule has 0 bridgehead atoms. The number of oxazole rings is 1. The van der Waals surface area contributed by atoms with Crippen molar-refractivity contribution in [3.05, 3.63) is 42.7 Å². The lowest BCUT2D eigenvalue weighted by atomic mass is 10.2. The van der Waals surface area contributed by atoms with Crippen molar-refractivity contribution in [2.24, 2.45) is 0 Å². The van der Waals surface area contributed by atoms with Crippen LogP contribution < -0.4 is 0 Å². The van der Waals surface area contributed by atoms with Crippen LogP contribution >= 0.6 is 0 Å². The number of nitrogens with zero attached hydrogens (tertiary/aromatic N) is 5. The summed E-state index contributed by atoms with van der Waals surface area (Å²) in [5.74, 6) is 1.52. The molecule has 3 heterocycles. The maximum Gasteiger partial charge on any atom is 0.278 e. The molecule has 0 aliphatic heterocycles. The predicted octanol–water partition coefficient (Wildman–Crippen LogP) is 2.90. The maximum absolute atomic E-state index is 5.59. The van der Waals surface area contributed by atoms with Gasteiger partial charge in [0.05, 0.1) is 6.20 Å². The number of aromatic nitrogens is 5. The summed E-state index contributed by atoms with van der Waals surface area (Å²) in [4.78, 5) is 16.9. The minimum Gasteiger partial charge on any atom is -0.441 e. The van der Waals surface area contributed by atoms with Gasteiger partial charge >= 0.3 is 0 Å². The average molecular weight is 293 g/mol. The molecule has 4 rings (SSSR count). The van der Waals surface area contributed by atoms with Crippen molar-refractivity contribution in [1.82, 2.24) is 25.1 Å². The van der Waals surface area contributed by atoms with Gasteiger partial charge in [-0.05, 0) is 18.2 Å². The zero-order valence-electron chi connectivity index (χ0n) is 11.7. The topological polar surface area (TPSA) is 90.7 Å². The van der Waals surface area contributed by atoms with Gasteiger partial charge in [-0.15, -0.1) is 0 Å². The number of hydrogen-bond donors (Lipinski definition) is 0. The molecule has 3 aromatic heterocycles. The smallest absolute Gasteiger partial charge is 0.278 e. The van der Waals surface area contributed by atoms with Crippen LogP contribution in [0.2, 0.25) is 0 Å². The minimum atomic E-state index is 0.331. The lowest BCUT2D eigenvalue weighted by Crippen LogP contribution is -1.85. The van der Waals surface area contributed by atoms with E-state index in [1.165, 1.54) is 0 Å². The molecule has 4 aromatic rings. The zero-order chi connectivity index (χ0) is 14.9. The highest BCUT2D eigenvalue weighted by Crippen LogP contribution is 2.24. The predicted molar refractivity (Wildman–Crippen MR) is 77.7 cm³/mol. The standard InChI is InChI=1S/C15H11N5O2/c1-2-13-18-10-7-9(3-4-12(10)21-13)14-19-15(22-20-14)11-8-16-5-6-17-11/h3-8H,2H2,1H3. The summed E-state index contributed by atoms with van der Waals surface area (Å²) in [6, 6.07) is 5.61. The Hall–Kier alpha value is -3.09. The maximum atomic E-state index is 5.59. The van der Waals surface area contributed by atoms with Crippen LogP contribution in [0.1, 0.15) is 12.8 Å². The highest BCUT2D eigenvalue weighted by atomic mass is 16.5. The van der Waals surface area contributed by atoms with Gasteiger partial charge in [-0.3, -0.25) is 4.98 Å². The van der Waals surface area contributed by atoms with Gasteiger partial charge < -0.3 is 8.94 Å². The Balaban J connectivity index is 1.74. The van der Waals surface area contributed by atoms with Gasteiger partial charge in [-0.2, -0.15) is 4.98 Å². The summed E-state index contributed by atoms with van der Waals surface area (Å²) >= 11 is 0. The van der Waals surface area contributed by atoms with Crippen molar-refractivity contribution >= 4 is 11.1 Å². The Morgan fingerprint density at radius 1 is 1.14 bits per heavy atom. The fraction of sp³-hybridized carbons (Fsp3) is 0.133. The quantitative estimate of drug-likeness (QED) is 0.573. The Morgan fingerprint density at radius 3 is 2.91 bits per heavy atom. The Morgan fingerprint density at radius 2 is 2.09 bits per heavy atom. The largest absolute Gasteiger partial charge is 0.441 e. The molecule has 0 atom stereocenters. The third-order valence-electron chi connectivity index (χ3n) is 3.20. The summed E-state index contributed by atoms with van der Waals surface area (Å²) in [7, 11) is 0. The first-order valence-electron chi connectivity index (χ1n) is 6.83. The van der Waals surface area contributed by atoms with Crippen LogP contribution in [-0.2, 0) is 6.42 Å². The Bertz CT molecular complexity index is 929. The molecule has 0 saturated heterocycles. The van der Waals surface area contributed by atoms with E-state index in [9.17, 15) is 0 Å². The third-order valence-corrected chi connectivity index (χ3v) is 3.20. The van der Waals surface area contributed by atoms with Gasteiger partial charge in [0.15, 0.2) is 11.5 Å². The van der Waals surface area contributed by atoms with E-state index in [4.69, 9.17) is 8.94 Å². The second-order valence-electron chi connectivity index (χ2n) is 4.66. The van der Waals surface area contributed by atoms with Crippen LogP contribution in [0.25, 0.3) is 34.1 Å². The van der Waals surface area contributed by atoms with Crippen molar-refractivity contribution in [3.63, 3.8) is 0 Å². The molecule has 0 N–H and O–H groups in total. The van der Waals surface area contributed by atoms with Crippen molar-refractivity contribution in [1.29, 1.82) is 0 Å². The van der Waals surface area contributed by atoms with Crippen LogP contribution in [0.4, 0.5) is 0 Å². The number of aryl methyl sites for hydroxylation is 1. The molecule has 0 aliphatic carbocycles.